The fraction of sp³-hybridized carbons (Fsp3) is 0.296. The van der Waals surface area contributed by atoms with Crippen LogP contribution in [0.5, 0.6) is 5.75 Å². The molecule has 3 heteroatoms. The van der Waals surface area contributed by atoms with Crippen LogP contribution in [0.3, 0.4) is 0 Å². The lowest BCUT2D eigenvalue weighted by Gasteiger charge is -2.14. The summed E-state index contributed by atoms with van der Waals surface area (Å²) in [6.07, 6.45) is 6.35. The van der Waals surface area contributed by atoms with Crippen LogP contribution in [-0.2, 0) is 13.0 Å². The monoisotopic (exact) mass is 396 g/mol. The Kier molecular flexibility index (Phi) is 6.79. The van der Waals surface area contributed by atoms with Gasteiger partial charge in [0.1, 0.15) is 11.4 Å². The molecule has 0 spiro atoms. The SMILES string of the molecule is COc1ccccc1-c1ccc(C#CCCc2ccc(CN3CCCC3)cc2)nc1. The van der Waals surface area contributed by atoms with E-state index < -0.39 is 0 Å². The van der Waals surface area contributed by atoms with E-state index in [4.69, 9.17) is 4.74 Å². The summed E-state index contributed by atoms with van der Waals surface area (Å²) >= 11 is 0. The number of pyridine rings is 1. The molecule has 0 atom stereocenters. The highest BCUT2D eigenvalue weighted by Gasteiger charge is 2.11. The van der Waals surface area contributed by atoms with Gasteiger partial charge in [-0.3, -0.25) is 4.90 Å². The van der Waals surface area contributed by atoms with Gasteiger partial charge in [0.2, 0.25) is 0 Å². The lowest BCUT2D eigenvalue weighted by molar-refractivity contribution is 0.331. The van der Waals surface area contributed by atoms with Gasteiger partial charge >= 0.3 is 0 Å². The van der Waals surface area contributed by atoms with Gasteiger partial charge in [0.05, 0.1) is 7.11 Å². The highest BCUT2D eigenvalue weighted by atomic mass is 16.5. The Hall–Kier alpha value is -3.09. The average Bonchev–Trinajstić information content (AvgIpc) is 3.31. The van der Waals surface area contributed by atoms with Gasteiger partial charge < -0.3 is 4.74 Å². The Labute approximate surface area is 179 Å². The number of likely N-dealkylation sites (tertiary alicyclic amines) is 1. The second kappa shape index (κ2) is 10.1. The number of rotatable bonds is 6. The van der Waals surface area contributed by atoms with Crippen molar-refractivity contribution in [3.8, 4) is 28.7 Å². The Morgan fingerprint density at radius 2 is 1.70 bits per heavy atom. The fourth-order valence-electron chi connectivity index (χ4n) is 3.88. The number of methoxy groups -OCH3 is 1. The van der Waals surface area contributed by atoms with Crippen LogP contribution in [0.1, 0.15) is 36.1 Å². The third-order valence-electron chi connectivity index (χ3n) is 5.56. The molecule has 1 fully saturated rings. The van der Waals surface area contributed by atoms with Crippen LogP contribution in [0.4, 0.5) is 0 Å². The molecule has 0 radical (unpaired) electrons. The second-order valence-corrected chi connectivity index (χ2v) is 7.73. The van der Waals surface area contributed by atoms with Gasteiger partial charge in [0.15, 0.2) is 0 Å². The smallest absolute Gasteiger partial charge is 0.126 e. The van der Waals surface area contributed by atoms with E-state index in [1.54, 1.807) is 7.11 Å². The minimum absolute atomic E-state index is 0.801. The van der Waals surface area contributed by atoms with Crippen molar-refractivity contribution in [1.29, 1.82) is 0 Å². The number of benzene rings is 2. The predicted molar refractivity (Wildman–Crippen MR) is 122 cm³/mol. The first-order valence-electron chi connectivity index (χ1n) is 10.7. The number of nitrogens with zero attached hydrogens (tertiary/aromatic N) is 2. The van der Waals surface area contributed by atoms with E-state index in [1.165, 1.54) is 37.1 Å². The first-order valence-corrected chi connectivity index (χ1v) is 10.7. The van der Waals surface area contributed by atoms with Crippen LogP contribution in [0.25, 0.3) is 11.1 Å². The largest absolute Gasteiger partial charge is 0.496 e. The minimum Gasteiger partial charge on any atom is -0.496 e. The van der Waals surface area contributed by atoms with E-state index in [1.807, 2.05) is 42.6 Å². The molecule has 2 aromatic carbocycles. The molecule has 0 amide bonds. The summed E-state index contributed by atoms with van der Waals surface area (Å²) < 4.78 is 5.43. The number of aromatic nitrogens is 1. The first kappa shape index (κ1) is 20.2. The molecule has 1 aromatic heterocycles. The molecule has 1 aliphatic heterocycles. The van der Waals surface area contributed by atoms with Crippen LogP contribution >= 0.6 is 0 Å². The van der Waals surface area contributed by atoms with E-state index in [2.05, 4.69) is 46.0 Å². The van der Waals surface area contributed by atoms with Crippen molar-refractivity contribution in [3.63, 3.8) is 0 Å². The summed E-state index contributed by atoms with van der Waals surface area (Å²) in [5.41, 5.74) is 5.63. The Morgan fingerprint density at radius 1 is 0.933 bits per heavy atom. The Morgan fingerprint density at radius 3 is 2.43 bits per heavy atom. The van der Waals surface area contributed by atoms with E-state index in [-0.39, 0.29) is 0 Å². The fourth-order valence-corrected chi connectivity index (χ4v) is 3.88. The minimum atomic E-state index is 0.801. The number of hydrogen-bond donors (Lipinski definition) is 0. The topological polar surface area (TPSA) is 25.4 Å². The molecule has 0 aliphatic carbocycles. The van der Waals surface area contributed by atoms with Crippen molar-refractivity contribution in [2.75, 3.05) is 20.2 Å². The van der Waals surface area contributed by atoms with E-state index in [9.17, 15) is 0 Å². The Bertz CT molecular complexity index is 1010. The van der Waals surface area contributed by atoms with Crippen LogP contribution in [-0.4, -0.2) is 30.1 Å². The first-order chi connectivity index (χ1) is 14.8. The standard InChI is InChI=1S/C27H28N2O/c1-30-27-11-5-4-10-26(27)24-16-17-25(28-20-24)9-3-2-8-22-12-14-23(15-13-22)21-29-18-6-7-19-29/h4-5,10-17,20H,2,6-8,18-19,21H2,1H3. The second-order valence-electron chi connectivity index (χ2n) is 7.73. The van der Waals surface area contributed by atoms with Crippen molar-refractivity contribution >= 4 is 0 Å². The van der Waals surface area contributed by atoms with Gasteiger partial charge in [-0.15, -0.1) is 0 Å². The molecule has 2 heterocycles. The molecule has 0 N–H and O–H groups in total. The van der Waals surface area contributed by atoms with Gasteiger partial charge in [-0.1, -0.05) is 48.4 Å². The van der Waals surface area contributed by atoms with Gasteiger partial charge in [-0.05, 0) is 67.6 Å². The molecular weight excluding hydrogens is 368 g/mol. The van der Waals surface area contributed by atoms with Crippen molar-refractivity contribution in [2.45, 2.75) is 32.2 Å². The molecule has 30 heavy (non-hydrogen) atoms. The Balaban J connectivity index is 1.30. The maximum atomic E-state index is 5.43. The third-order valence-corrected chi connectivity index (χ3v) is 5.56. The van der Waals surface area contributed by atoms with Crippen molar-refractivity contribution in [1.82, 2.24) is 9.88 Å². The third kappa shape index (κ3) is 5.28. The molecule has 3 aromatic rings. The summed E-state index contributed by atoms with van der Waals surface area (Å²) in [4.78, 5) is 7.04. The lowest BCUT2D eigenvalue weighted by Crippen LogP contribution is -2.18. The summed E-state index contributed by atoms with van der Waals surface area (Å²) in [5.74, 6) is 7.29. The zero-order valence-electron chi connectivity index (χ0n) is 17.6. The molecule has 0 bridgehead atoms. The summed E-state index contributed by atoms with van der Waals surface area (Å²) in [6, 6.07) is 21.0. The van der Waals surface area contributed by atoms with Gasteiger partial charge in [-0.25, -0.2) is 4.98 Å². The van der Waals surface area contributed by atoms with Gasteiger partial charge in [-0.2, -0.15) is 0 Å². The van der Waals surface area contributed by atoms with E-state index >= 15 is 0 Å². The number of hydrogen-bond acceptors (Lipinski definition) is 3. The van der Waals surface area contributed by atoms with Gasteiger partial charge in [0.25, 0.3) is 0 Å². The van der Waals surface area contributed by atoms with Crippen LogP contribution < -0.4 is 4.74 Å². The highest BCUT2D eigenvalue weighted by molar-refractivity contribution is 5.69. The predicted octanol–water partition coefficient (Wildman–Crippen LogP) is 5.34. The molecule has 152 valence electrons. The van der Waals surface area contributed by atoms with E-state index in [0.29, 0.717) is 0 Å². The quantitative estimate of drug-likeness (QED) is 0.526. The normalized spacial score (nSPS) is 13.6. The average molecular weight is 397 g/mol. The van der Waals surface area contributed by atoms with Crippen LogP contribution in [0.2, 0.25) is 0 Å². The van der Waals surface area contributed by atoms with Crippen molar-refractivity contribution < 1.29 is 4.74 Å². The highest BCUT2D eigenvalue weighted by Crippen LogP contribution is 2.28. The zero-order chi connectivity index (χ0) is 20.6. The molecule has 0 saturated carbocycles. The number of para-hydroxylation sites is 1. The van der Waals surface area contributed by atoms with Crippen molar-refractivity contribution in [3.05, 3.63) is 83.7 Å². The van der Waals surface area contributed by atoms with Crippen molar-refractivity contribution in [2.24, 2.45) is 0 Å². The zero-order valence-corrected chi connectivity index (χ0v) is 17.6. The summed E-state index contributed by atoms with van der Waals surface area (Å²) in [7, 11) is 1.69. The summed E-state index contributed by atoms with van der Waals surface area (Å²) in [6.45, 7) is 3.56. The molecule has 1 saturated heterocycles. The number of ether oxygens (including phenoxy) is 1. The molecule has 1 aliphatic rings. The van der Waals surface area contributed by atoms with Crippen LogP contribution in [0, 0.1) is 11.8 Å². The lowest BCUT2D eigenvalue weighted by atomic mass is 10.1. The molecule has 0 unspecified atom stereocenters. The molecule has 3 nitrogen and oxygen atoms in total. The van der Waals surface area contributed by atoms with Gasteiger partial charge in [0, 0.05) is 30.3 Å². The maximum Gasteiger partial charge on any atom is 0.126 e. The van der Waals surface area contributed by atoms with E-state index in [0.717, 1.165) is 42.0 Å². The summed E-state index contributed by atoms with van der Waals surface area (Å²) in [5, 5.41) is 0. The molecular formula is C27H28N2O. The number of aryl methyl sites for hydroxylation is 1. The molecule has 4 rings (SSSR count). The van der Waals surface area contributed by atoms with Crippen LogP contribution in [0.15, 0.2) is 66.9 Å². The maximum absolute atomic E-state index is 5.43.